The Kier molecular flexibility index (Phi) is 3.99. The summed E-state index contributed by atoms with van der Waals surface area (Å²) in [5, 5.41) is 13.1. The Labute approximate surface area is 222 Å². The van der Waals surface area contributed by atoms with Crippen LogP contribution in [0.2, 0.25) is 0 Å². The second-order valence-corrected chi connectivity index (χ2v) is 11.1. The second kappa shape index (κ2) is 7.44. The molecule has 38 heavy (non-hydrogen) atoms. The average Bonchev–Trinajstić information content (AvgIpc) is 3.54. The molecular formula is C36H21NS. The molecule has 7 aromatic carbocycles. The van der Waals surface area contributed by atoms with Crippen LogP contribution in [0.25, 0.3) is 80.0 Å². The van der Waals surface area contributed by atoms with Crippen LogP contribution in [0.4, 0.5) is 0 Å². The predicted octanol–water partition coefficient (Wildman–Crippen LogP) is 10.6. The molecule has 0 saturated heterocycles. The fourth-order valence-electron chi connectivity index (χ4n) is 6.48. The van der Waals surface area contributed by atoms with Crippen LogP contribution in [0.5, 0.6) is 0 Å². The minimum atomic E-state index is 1.20. The Hall–Kier alpha value is -4.66. The molecule has 0 unspecified atom stereocenters. The summed E-state index contributed by atoms with van der Waals surface area (Å²) < 4.78 is 5.24. The van der Waals surface area contributed by atoms with Gasteiger partial charge in [0.15, 0.2) is 0 Å². The maximum atomic E-state index is 2.51. The summed E-state index contributed by atoms with van der Waals surface area (Å²) in [5.74, 6) is 0. The smallest absolute Gasteiger partial charge is 0.0640 e. The summed E-state index contributed by atoms with van der Waals surface area (Å²) in [6.07, 6.45) is 0. The number of nitrogens with zero attached hydrogens (tertiary/aromatic N) is 1. The number of aromatic nitrogens is 1. The minimum absolute atomic E-state index is 1.20. The van der Waals surface area contributed by atoms with Gasteiger partial charge in [-0.05, 0) is 45.1 Å². The first kappa shape index (κ1) is 20.4. The molecule has 0 amide bonds. The van der Waals surface area contributed by atoms with Crippen molar-refractivity contribution in [2.45, 2.75) is 0 Å². The van der Waals surface area contributed by atoms with Crippen LogP contribution in [0.15, 0.2) is 127 Å². The molecule has 2 heterocycles. The van der Waals surface area contributed by atoms with Gasteiger partial charge in [0.1, 0.15) is 0 Å². The zero-order valence-electron chi connectivity index (χ0n) is 20.5. The van der Waals surface area contributed by atoms with Crippen LogP contribution in [0.3, 0.4) is 0 Å². The van der Waals surface area contributed by atoms with Crippen LogP contribution < -0.4 is 0 Å². The SMILES string of the molecule is c1ccc2cc(-n3c4ccccc4c4c5ccccc5c5sc6c7ccccc7ccc6c5c43)ccc2c1. The van der Waals surface area contributed by atoms with E-state index in [0.29, 0.717) is 0 Å². The van der Waals surface area contributed by atoms with Crippen LogP contribution >= 0.6 is 11.3 Å². The molecule has 0 radical (unpaired) electrons. The van der Waals surface area contributed by atoms with E-state index in [9.17, 15) is 0 Å². The van der Waals surface area contributed by atoms with Crippen molar-refractivity contribution in [2.24, 2.45) is 0 Å². The fraction of sp³-hybridized carbons (Fsp3) is 0. The van der Waals surface area contributed by atoms with Crippen LogP contribution in [0.1, 0.15) is 0 Å². The minimum Gasteiger partial charge on any atom is -0.309 e. The number of hydrogen-bond acceptors (Lipinski definition) is 1. The van der Waals surface area contributed by atoms with Gasteiger partial charge in [0.25, 0.3) is 0 Å². The second-order valence-electron chi connectivity index (χ2n) is 10.1. The Balaban J connectivity index is 1.60. The standard InChI is InChI=1S/C36H21NS/c1-2-11-24-21-25(19-17-22(24)9-1)37-31-16-8-7-15-29(31)32-27-13-5-6-14-28(27)36-33(34(32)37)30-20-18-23-10-3-4-12-26(23)35(30)38-36/h1-21H. The summed E-state index contributed by atoms with van der Waals surface area (Å²) >= 11 is 1.94. The van der Waals surface area contributed by atoms with Crippen molar-refractivity contribution in [1.29, 1.82) is 0 Å². The number of thiophene rings is 1. The molecular weight excluding hydrogens is 478 g/mol. The largest absolute Gasteiger partial charge is 0.309 e. The molecule has 0 spiro atoms. The monoisotopic (exact) mass is 499 g/mol. The summed E-state index contributed by atoms with van der Waals surface area (Å²) in [4.78, 5) is 0. The van der Waals surface area contributed by atoms with Crippen molar-refractivity contribution in [1.82, 2.24) is 4.57 Å². The van der Waals surface area contributed by atoms with E-state index in [4.69, 9.17) is 0 Å². The Bertz CT molecular complexity index is 2400. The number of para-hydroxylation sites is 1. The van der Waals surface area contributed by atoms with Crippen molar-refractivity contribution in [2.75, 3.05) is 0 Å². The Morgan fingerprint density at radius 2 is 1.08 bits per heavy atom. The molecule has 9 rings (SSSR count). The Morgan fingerprint density at radius 1 is 0.421 bits per heavy atom. The zero-order valence-corrected chi connectivity index (χ0v) is 21.3. The normalized spacial score (nSPS) is 12.2. The van der Waals surface area contributed by atoms with Crippen molar-refractivity contribution < 1.29 is 0 Å². The molecule has 0 N–H and O–H groups in total. The van der Waals surface area contributed by atoms with Crippen LogP contribution in [-0.2, 0) is 0 Å². The number of fused-ring (bicyclic) bond motifs is 13. The third kappa shape index (κ3) is 2.60. The molecule has 2 heteroatoms. The first-order valence-corrected chi connectivity index (χ1v) is 13.9. The molecule has 0 bridgehead atoms. The maximum Gasteiger partial charge on any atom is 0.0640 e. The van der Waals surface area contributed by atoms with Gasteiger partial charge in [-0.2, -0.15) is 0 Å². The van der Waals surface area contributed by atoms with Gasteiger partial charge in [-0.25, -0.2) is 0 Å². The molecule has 0 aliphatic heterocycles. The number of hydrogen-bond donors (Lipinski definition) is 0. The van der Waals surface area contributed by atoms with Crippen molar-refractivity contribution in [3.8, 4) is 5.69 Å². The third-order valence-corrected chi connectivity index (χ3v) is 9.40. The van der Waals surface area contributed by atoms with E-state index >= 15 is 0 Å². The Morgan fingerprint density at radius 3 is 1.95 bits per heavy atom. The van der Waals surface area contributed by atoms with Crippen LogP contribution in [0, 0.1) is 0 Å². The topological polar surface area (TPSA) is 4.93 Å². The first-order chi connectivity index (χ1) is 18.9. The van der Waals surface area contributed by atoms with Crippen molar-refractivity contribution in [3.05, 3.63) is 127 Å². The lowest BCUT2D eigenvalue weighted by Gasteiger charge is -2.11. The van der Waals surface area contributed by atoms with Gasteiger partial charge in [-0.15, -0.1) is 11.3 Å². The summed E-state index contributed by atoms with van der Waals surface area (Å²) in [6, 6.07) is 46.8. The van der Waals surface area contributed by atoms with E-state index in [-0.39, 0.29) is 0 Å². The quantitative estimate of drug-likeness (QED) is 0.212. The molecule has 0 fully saturated rings. The maximum absolute atomic E-state index is 2.51. The summed E-state index contributed by atoms with van der Waals surface area (Å²) in [5.41, 5.74) is 3.75. The van der Waals surface area contributed by atoms with Crippen LogP contribution in [-0.4, -0.2) is 4.57 Å². The van der Waals surface area contributed by atoms with Gasteiger partial charge in [0.2, 0.25) is 0 Å². The summed E-state index contributed by atoms with van der Waals surface area (Å²) in [7, 11) is 0. The van der Waals surface area contributed by atoms with Gasteiger partial charge < -0.3 is 4.57 Å². The van der Waals surface area contributed by atoms with Crippen molar-refractivity contribution in [3.63, 3.8) is 0 Å². The lowest BCUT2D eigenvalue weighted by atomic mass is 9.99. The highest BCUT2D eigenvalue weighted by Crippen LogP contribution is 2.49. The number of benzene rings is 7. The van der Waals surface area contributed by atoms with E-state index in [2.05, 4.69) is 132 Å². The molecule has 0 atom stereocenters. The molecule has 0 aliphatic rings. The third-order valence-electron chi connectivity index (χ3n) is 8.12. The van der Waals surface area contributed by atoms with Gasteiger partial charge in [-0.3, -0.25) is 0 Å². The van der Waals surface area contributed by atoms with E-state index in [1.807, 2.05) is 11.3 Å². The summed E-state index contributed by atoms with van der Waals surface area (Å²) in [6.45, 7) is 0. The molecule has 0 saturated carbocycles. The van der Waals surface area contributed by atoms with E-state index in [1.165, 1.54) is 80.0 Å². The van der Waals surface area contributed by atoms with Crippen molar-refractivity contribution >= 4 is 85.6 Å². The van der Waals surface area contributed by atoms with E-state index in [0.717, 1.165) is 0 Å². The molecule has 1 nitrogen and oxygen atoms in total. The highest BCUT2D eigenvalue weighted by Gasteiger charge is 2.22. The number of rotatable bonds is 1. The lowest BCUT2D eigenvalue weighted by molar-refractivity contribution is 1.19. The zero-order chi connectivity index (χ0) is 24.8. The molecule has 176 valence electrons. The van der Waals surface area contributed by atoms with Gasteiger partial charge >= 0.3 is 0 Å². The van der Waals surface area contributed by atoms with Gasteiger partial charge in [0.05, 0.1) is 11.0 Å². The van der Waals surface area contributed by atoms with E-state index in [1.54, 1.807) is 0 Å². The molecule has 0 aliphatic carbocycles. The van der Waals surface area contributed by atoms with E-state index < -0.39 is 0 Å². The molecule has 2 aromatic heterocycles. The highest BCUT2D eigenvalue weighted by atomic mass is 32.1. The average molecular weight is 500 g/mol. The lowest BCUT2D eigenvalue weighted by Crippen LogP contribution is -1.94. The van der Waals surface area contributed by atoms with Gasteiger partial charge in [-0.1, -0.05) is 109 Å². The molecule has 9 aromatic rings. The fourth-order valence-corrected chi connectivity index (χ4v) is 7.86. The van der Waals surface area contributed by atoms with Gasteiger partial charge in [0, 0.05) is 42.0 Å². The first-order valence-electron chi connectivity index (χ1n) is 13.0. The highest BCUT2D eigenvalue weighted by molar-refractivity contribution is 7.27. The predicted molar refractivity (Wildman–Crippen MR) is 166 cm³/mol.